The second-order valence-corrected chi connectivity index (χ2v) is 7.94. The van der Waals surface area contributed by atoms with Gasteiger partial charge in [0.2, 0.25) is 0 Å². The van der Waals surface area contributed by atoms with Gasteiger partial charge in [0.1, 0.15) is 0 Å². The van der Waals surface area contributed by atoms with Crippen LogP contribution in [0.4, 0.5) is 5.69 Å². The molecule has 3 aromatic rings. The number of aliphatic imine (C=N–C) groups is 1. The van der Waals surface area contributed by atoms with Crippen molar-refractivity contribution < 1.29 is 0 Å². The van der Waals surface area contributed by atoms with E-state index in [-0.39, 0.29) is 6.04 Å². The minimum atomic E-state index is 0.150. The first kappa shape index (κ1) is 19.3. The first-order valence-electron chi connectivity index (χ1n) is 10.5. The Balaban J connectivity index is 1.60. The van der Waals surface area contributed by atoms with Crippen molar-refractivity contribution in [3.63, 3.8) is 0 Å². The van der Waals surface area contributed by atoms with E-state index in [1.54, 1.807) is 19.5 Å². The van der Waals surface area contributed by atoms with Crippen LogP contribution in [-0.2, 0) is 0 Å². The molecule has 2 aliphatic heterocycles. The molecule has 6 N–H and O–H groups in total. The maximum Gasteiger partial charge on any atom is 0.0814 e. The Morgan fingerprint density at radius 3 is 2.97 bits per heavy atom. The van der Waals surface area contributed by atoms with Gasteiger partial charge in [0.15, 0.2) is 0 Å². The lowest BCUT2D eigenvalue weighted by molar-refractivity contribution is 0.281. The van der Waals surface area contributed by atoms with E-state index in [1.807, 2.05) is 6.20 Å². The third-order valence-corrected chi connectivity index (χ3v) is 6.00. The van der Waals surface area contributed by atoms with Crippen molar-refractivity contribution in [2.45, 2.75) is 19.4 Å². The van der Waals surface area contributed by atoms with Crippen molar-refractivity contribution in [2.75, 3.05) is 18.9 Å². The summed E-state index contributed by atoms with van der Waals surface area (Å²) in [7, 11) is 1.76. The average Bonchev–Trinajstić information content (AvgIpc) is 3.36. The number of nitrogens with zero attached hydrogens (tertiary/aromatic N) is 2. The summed E-state index contributed by atoms with van der Waals surface area (Å²) in [5, 5.41) is 7.18. The number of anilines is 1. The number of aromatic amines is 1. The lowest BCUT2D eigenvalue weighted by Crippen LogP contribution is -2.37. The Kier molecular flexibility index (Phi) is 4.88. The Morgan fingerprint density at radius 1 is 1.23 bits per heavy atom. The van der Waals surface area contributed by atoms with Crippen LogP contribution < -0.4 is 22.0 Å². The molecule has 0 amide bonds. The van der Waals surface area contributed by atoms with Crippen LogP contribution >= 0.6 is 0 Å². The number of nitrogens with one attached hydrogen (secondary N) is 4. The standard InChI is InChI=1S/C24H27N7/c1-15-24-20-5-3-16(18(13-25)14-26-2)12-21(20)23(8-10-31(24)30-29-15)28-19-4-6-22-17(11-19)7-9-27-22/h3-7,9,11-14,23,27-30H,8,10,25H2,1-2H3. The van der Waals surface area contributed by atoms with Crippen LogP contribution in [-0.4, -0.2) is 29.8 Å². The Labute approximate surface area is 181 Å². The Morgan fingerprint density at radius 2 is 2.13 bits per heavy atom. The molecule has 2 aromatic carbocycles. The molecule has 7 heteroatoms. The number of H-pyrrole nitrogens is 1. The van der Waals surface area contributed by atoms with E-state index in [0.717, 1.165) is 41.0 Å². The molecule has 0 saturated carbocycles. The van der Waals surface area contributed by atoms with Gasteiger partial charge >= 0.3 is 0 Å². The van der Waals surface area contributed by atoms with Gasteiger partial charge < -0.3 is 21.5 Å². The zero-order valence-electron chi connectivity index (χ0n) is 17.7. The van der Waals surface area contributed by atoms with E-state index in [9.17, 15) is 0 Å². The van der Waals surface area contributed by atoms with E-state index in [4.69, 9.17) is 5.73 Å². The molecule has 1 aromatic heterocycles. The van der Waals surface area contributed by atoms with Crippen LogP contribution in [0.15, 0.2) is 65.6 Å². The van der Waals surface area contributed by atoms with Crippen molar-refractivity contribution in [2.24, 2.45) is 10.7 Å². The first-order valence-corrected chi connectivity index (χ1v) is 10.5. The predicted molar refractivity (Wildman–Crippen MR) is 128 cm³/mol. The average molecular weight is 414 g/mol. The summed E-state index contributed by atoms with van der Waals surface area (Å²) < 4.78 is 0. The van der Waals surface area contributed by atoms with E-state index in [2.05, 4.69) is 80.7 Å². The summed E-state index contributed by atoms with van der Waals surface area (Å²) in [4.78, 5) is 7.42. The molecule has 3 heterocycles. The van der Waals surface area contributed by atoms with Crippen LogP contribution in [0.1, 0.15) is 36.1 Å². The summed E-state index contributed by atoms with van der Waals surface area (Å²) >= 11 is 0. The second kappa shape index (κ2) is 7.85. The highest BCUT2D eigenvalue weighted by Gasteiger charge is 2.30. The number of hydrogen-bond donors (Lipinski definition) is 5. The molecule has 158 valence electrons. The molecule has 0 spiro atoms. The number of hydrogen-bond acceptors (Lipinski definition) is 6. The number of nitrogens with two attached hydrogens (primary N) is 1. The Bertz CT molecular complexity index is 1220. The zero-order valence-corrected chi connectivity index (χ0v) is 17.7. The van der Waals surface area contributed by atoms with Gasteiger partial charge in [0.25, 0.3) is 0 Å². The lowest BCUT2D eigenvalue weighted by Gasteiger charge is -2.22. The van der Waals surface area contributed by atoms with E-state index in [1.165, 1.54) is 22.2 Å². The van der Waals surface area contributed by atoms with Gasteiger partial charge in [-0.3, -0.25) is 10.0 Å². The highest BCUT2D eigenvalue weighted by Crippen LogP contribution is 2.38. The normalized spacial score (nSPS) is 18.8. The van der Waals surface area contributed by atoms with Gasteiger partial charge in [-0.25, -0.2) is 0 Å². The number of allylic oxidation sites excluding steroid dienone is 2. The maximum atomic E-state index is 5.90. The van der Waals surface area contributed by atoms with Crippen molar-refractivity contribution in [1.82, 2.24) is 21.0 Å². The molecule has 0 bridgehead atoms. The number of benzene rings is 2. The molecule has 0 aliphatic carbocycles. The van der Waals surface area contributed by atoms with Gasteiger partial charge in [0, 0.05) is 59.9 Å². The third kappa shape index (κ3) is 3.43. The van der Waals surface area contributed by atoms with Crippen molar-refractivity contribution in [3.8, 4) is 0 Å². The molecule has 2 aliphatic rings. The quantitative estimate of drug-likeness (QED) is 0.420. The zero-order chi connectivity index (χ0) is 21.4. The summed E-state index contributed by atoms with van der Waals surface area (Å²) in [5.41, 5.74) is 21.4. The predicted octanol–water partition coefficient (Wildman–Crippen LogP) is 3.74. The third-order valence-electron chi connectivity index (χ3n) is 6.00. The van der Waals surface area contributed by atoms with E-state index < -0.39 is 0 Å². The number of hydrazine groups is 2. The lowest BCUT2D eigenvalue weighted by atomic mass is 9.92. The molecule has 5 rings (SSSR count). The molecular formula is C24H27N7. The van der Waals surface area contributed by atoms with Crippen LogP contribution in [0.5, 0.6) is 0 Å². The second-order valence-electron chi connectivity index (χ2n) is 7.94. The number of fused-ring (bicyclic) bond motifs is 4. The molecule has 1 unspecified atom stereocenters. The molecular weight excluding hydrogens is 386 g/mol. The molecule has 31 heavy (non-hydrogen) atoms. The molecule has 7 nitrogen and oxygen atoms in total. The smallest absolute Gasteiger partial charge is 0.0814 e. The minimum absolute atomic E-state index is 0.150. The number of aromatic nitrogens is 1. The van der Waals surface area contributed by atoms with Gasteiger partial charge in [0.05, 0.1) is 17.4 Å². The molecule has 1 atom stereocenters. The topological polar surface area (TPSA) is 93.5 Å². The summed E-state index contributed by atoms with van der Waals surface area (Å²) in [6.45, 7) is 2.98. The highest BCUT2D eigenvalue weighted by atomic mass is 15.7. The highest BCUT2D eigenvalue weighted by molar-refractivity contribution is 6.09. The summed E-state index contributed by atoms with van der Waals surface area (Å²) in [5.74, 6) is 0. The van der Waals surface area contributed by atoms with E-state index >= 15 is 0 Å². The Hall–Kier alpha value is -3.71. The van der Waals surface area contributed by atoms with Gasteiger partial charge in [-0.1, -0.05) is 12.1 Å². The van der Waals surface area contributed by atoms with Crippen LogP contribution in [0.3, 0.4) is 0 Å². The fourth-order valence-electron chi connectivity index (χ4n) is 4.49. The van der Waals surface area contributed by atoms with E-state index in [0.29, 0.717) is 0 Å². The van der Waals surface area contributed by atoms with Crippen LogP contribution in [0.2, 0.25) is 0 Å². The molecule has 0 saturated heterocycles. The van der Waals surface area contributed by atoms with Crippen LogP contribution in [0.25, 0.3) is 22.2 Å². The van der Waals surface area contributed by atoms with Crippen molar-refractivity contribution in [3.05, 3.63) is 77.2 Å². The van der Waals surface area contributed by atoms with Crippen molar-refractivity contribution >= 4 is 34.1 Å². The summed E-state index contributed by atoms with van der Waals surface area (Å²) in [6.07, 6.45) is 6.33. The largest absolute Gasteiger partial charge is 0.404 e. The fraction of sp³-hybridized carbons (Fsp3) is 0.208. The fourth-order valence-corrected chi connectivity index (χ4v) is 4.49. The summed E-state index contributed by atoms with van der Waals surface area (Å²) in [6, 6.07) is 15.2. The van der Waals surface area contributed by atoms with Crippen LogP contribution in [0, 0.1) is 0 Å². The van der Waals surface area contributed by atoms with Crippen molar-refractivity contribution in [1.29, 1.82) is 0 Å². The maximum absolute atomic E-state index is 5.90. The number of rotatable bonds is 4. The minimum Gasteiger partial charge on any atom is -0.404 e. The van der Waals surface area contributed by atoms with Gasteiger partial charge in [-0.15, -0.1) is 5.53 Å². The van der Waals surface area contributed by atoms with Gasteiger partial charge in [-0.2, -0.15) is 0 Å². The first-order chi connectivity index (χ1) is 15.2. The monoisotopic (exact) mass is 413 g/mol. The molecule has 0 fully saturated rings. The SMILES string of the molecule is CN=CC(=CN)c1ccc2c(c1)C(Nc1ccc3[nH]ccc3c1)CCN1NNC(C)=C21. The van der Waals surface area contributed by atoms with Gasteiger partial charge in [-0.05, 0) is 54.8 Å². The molecule has 0 radical (unpaired) electrons.